The number of phosphoric ester groups is 1. The van der Waals surface area contributed by atoms with Crippen LogP contribution in [0.3, 0.4) is 0 Å². The maximum atomic E-state index is 11.2. The molecule has 27 heavy (non-hydrogen) atoms. The lowest BCUT2D eigenvalue weighted by Gasteiger charge is -2.11. The quantitative estimate of drug-likeness (QED) is 0.186. The maximum absolute atomic E-state index is 11.2. The van der Waals surface area contributed by atoms with Crippen LogP contribution in [0.2, 0.25) is 0 Å². The molecular weight excluding hydrogens is 396 g/mol. The zero-order chi connectivity index (χ0) is 18.8. The number of hydrogen-bond acceptors (Lipinski definition) is 7. The Kier molecular flexibility index (Phi) is 20.5. The third-order valence-corrected chi connectivity index (χ3v) is 5.15. The Morgan fingerprint density at radius 3 is 1.70 bits per heavy atom. The molecular formula is C15H37N3O7P2. The molecule has 1 atom stereocenters. The molecule has 0 bridgehead atoms. The molecule has 10 nitrogen and oxygen atoms in total. The molecule has 0 aromatic carbocycles. The second-order valence-electron chi connectivity index (χ2n) is 5.80. The minimum Gasteiger partial charge on any atom is -0.344 e. The molecule has 0 fully saturated rings. The van der Waals surface area contributed by atoms with Gasteiger partial charge in [0.25, 0.3) is 0 Å². The highest BCUT2D eigenvalue weighted by Gasteiger charge is 2.31. The predicted molar refractivity (Wildman–Crippen MR) is 109 cm³/mol. The summed E-state index contributed by atoms with van der Waals surface area (Å²) >= 11 is 0. The van der Waals surface area contributed by atoms with Crippen molar-refractivity contribution in [3.63, 3.8) is 0 Å². The molecule has 0 aliphatic carbocycles. The van der Waals surface area contributed by atoms with Crippen LogP contribution in [0.5, 0.6) is 0 Å². The van der Waals surface area contributed by atoms with Crippen molar-refractivity contribution in [3.05, 3.63) is 34.9 Å². The highest BCUT2D eigenvalue weighted by Crippen LogP contribution is 2.57. The van der Waals surface area contributed by atoms with Crippen molar-refractivity contribution in [2.45, 2.75) is 53.4 Å². The minimum absolute atomic E-state index is 0. The van der Waals surface area contributed by atoms with Crippen molar-refractivity contribution in [1.29, 1.82) is 0 Å². The van der Waals surface area contributed by atoms with E-state index < -0.39 is 15.6 Å². The normalized spacial score (nSPS) is 14.2. The number of hydrogen-bond donors (Lipinski definition) is 6. The predicted octanol–water partition coefficient (Wildman–Crippen LogP) is 5.12. The summed E-state index contributed by atoms with van der Waals surface area (Å²) in [5, 5.41) is 0. The van der Waals surface area contributed by atoms with Crippen LogP contribution in [-0.4, -0.2) is 21.3 Å². The Morgan fingerprint density at radius 1 is 0.815 bits per heavy atom. The molecule has 12 N–H and O–H groups in total. The van der Waals surface area contributed by atoms with Crippen molar-refractivity contribution in [1.82, 2.24) is 18.5 Å². The van der Waals surface area contributed by atoms with E-state index in [4.69, 9.17) is 14.7 Å². The zero-order valence-electron chi connectivity index (χ0n) is 16.8. The van der Waals surface area contributed by atoms with E-state index in [1.54, 1.807) is 6.08 Å². The van der Waals surface area contributed by atoms with E-state index in [0.29, 0.717) is 0 Å². The van der Waals surface area contributed by atoms with Gasteiger partial charge in [-0.3, -0.25) is 4.52 Å². The van der Waals surface area contributed by atoms with Crippen LogP contribution in [0.25, 0.3) is 0 Å². The average Bonchev–Trinajstić information content (AvgIpc) is 2.34. The third kappa shape index (κ3) is 23.3. The van der Waals surface area contributed by atoms with Crippen molar-refractivity contribution in [2.75, 3.05) is 6.61 Å². The Labute approximate surface area is 162 Å². The van der Waals surface area contributed by atoms with Crippen LogP contribution in [0.4, 0.5) is 0 Å². The van der Waals surface area contributed by atoms with Crippen LogP contribution in [0.15, 0.2) is 34.9 Å². The lowest BCUT2D eigenvalue weighted by Crippen LogP contribution is -1.94. The van der Waals surface area contributed by atoms with Gasteiger partial charge in [-0.05, 0) is 53.4 Å². The maximum Gasteiger partial charge on any atom is 0.481 e. The van der Waals surface area contributed by atoms with Crippen molar-refractivity contribution in [2.24, 2.45) is 0 Å². The van der Waals surface area contributed by atoms with Gasteiger partial charge in [-0.1, -0.05) is 34.9 Å². The van der Waals surface area contributed by atoms with Gasteiger partial charge >= 0.3 is 15.6 Å². The summed E-state index contributed by atoms with van der Waals surface area (Å²) in [7, 11) is -9.82. The molecule has 0 radical (unpaired) electrons. The fourth-order valence-electron chi connectivity index (χ4n) is 1.77. The first kappa shape index (κ1) is 33.9. The SMILES string of the molecule is CC(C)=CCC/C(C)=C/CC/C(C)=C/COP(=O)(O)OP(=O)(O)O.N.N.N. The Hall–Kier alpha value is -0.640. The van der Waals surface area contributed by atoms with E-state index in [1.165, 1.54) is 11.1 Å². The topological polar surface area (TPSA) is 218 Å². The van der Waals surface area contributed by atoms with Gasteiger partial charge < -0.3 is 33.1 Å². The molecule has 0 amide bonds. The molecule has 0 aromatic heterocycles. The second-order valence-corrected chi connectivity index (χ2v) is 8.63. The average molecular weight is 433 g/mol. The Balaban J connectivity index is -0.000000882. The molecule has 0 heterocycles. The highest BCUT2D eigenvalue weighted by molar-refractivity contribution is 7.60. The van der Waals surface area contributed by atoms with Gasteiger partial charge in [0.2, 0.25) is 0 Å². The standard InChI is InChI=1S/C15H28O7P2.3H3N/c1-13(2)7-5-8-14(3)9-6-10-15(4)11-12-21-24(19,20)22-23(16,17)18;;;/h7,9,11H,5-6,8,10,12H2,1-4H3,(H,19,20)(H2,16,17,18);3*1H3/b14-9+,15-11+;;;. The molecule has 0 rings (SSSR count). The lowest BCUT2D eigenvalue weighted by atomic mass is 10.1. The second kappa shape index (κ2) is 16.3. The number of rotatable bonds is 11. The smallest absolute Gasteiger partial charge is 0.344 e. The van der Waals surface area contributed by atoms with Gasteiger partial charge in [0, 0.05) is 0 Å². The molecule has 0 aliphatic heterocycles. The fourth-order valence-corrected chi connectivity index (χ4v) is 3.30. The molecule has 0 spiro atoms. The Bertz CT molecular complexity index is 582. The van der Waals surface area contributed by atoms with Gasteiger partial charge in [0.15, 0.2) is 0 Å². The van der Waals surface area contributed by atoms with Crippen molar-refractivity contribution < 1.29 is 32.6 Å². The highest BCUT2D eigenvalue weighted by atomic mass is 31.3. The summed E-state index contributed by atoms with van der Waals surface area (Å²) in [6.45, 7) is 7.82. The minimum atomic E-state index is -5.07. The van der Waals surface area contributed by atoms with E-state index >= 15 is 0 Å². The number of allylic oxidation sites excluding steroid dienone is 5. The van der Waals surface area contributed by atoms with E-state index in [9.17, 15) is 9.13 Å². The first-order chi connectivity index (χ1) is 10.9. The van der Waals surface area contributed by atoms with E-state index in [-0.39, 0.29) is 25.1 Å². The lowest BCUT2D eigenvalue weighted by molar-refractivity contribution is 0.191. The van der Waals surface area contributed by atoms with Crippen LogP contribution in [0, 0.1) is 0 Å². The van der Waals surface area contributed by atoms with E-state index in [0.717, 1.165) is 31.3 Å². The van der Waals surface area contributed by atoms with Crippen LogP contribution in [0.1, 0.15) is 53.4 Å². The molecule has 0 saturated heterocycles. The summed E-state index contributed by atoms with van der Waals surface area (Å²) in [5.41, 5.74) is 3.57. The summed E-state index contributed by atoms with van der Waals surface area (Å²) < 4.78 is 29.9. The summed E-state index contributed by atoms with van der Waals surface area (Å²) in [6, 6.07) is 0. The van der Waals surface area contributed by atoms with Gasteiger partial charge in [-0.25, -0.2) is 9.13 Å². The van der Waals surface area contributed by atoms with E-state index in [1.807, 2.05) is 6.92 Å². The summed E-state index contributed by atoms with van der Waals surface area (Å²) in [5.74, 6) is 0. The van der Waals surface area contributed by atoms with Crippen molar-refractivity contribution in [3.8, 4) is 0 Å². The first-order valence-corrected chi connectivity index (χ1v) is 10.6. The van der Waals surface area contributed by atoms with Gasteiger partial charge in [-0.2, -0.15) is 4.31 Å². The van der Waals surface area contributed by atoms with Crippen LogP contribution in [-0.2, 0) is 18.0 Å². The first-order valence-electron chi connectivity index (χ1n) is 7.60. The fraction of sp³-hybridized carbons (Fsp3) is 0.600. The van der Waals surface area contributed by atoms with E-state index in [2.05, 4.69) is 41.8 Å². The summed E-state index contributed by atoms with van der Waals surface area (Å²) in [6.07, 6.45) is 9.59. The molecule has 0 aliphatic rings. The molecule has 0 saturated carbocycles. The molecule has 0 aromatic rings. The zero-order valence-corrected chi connectivity index (χ0v) is 18.5. The largest absolute Gasteiger partial charge is 0.481 e. The van der Waals surface area contributed by atoms with Gasteiger partial charge in [0.05, 0.1) is 6.61 Å². The van der Waals surface area contributed by atoms with Crippen LogP contribution >= 0.6 is 15.6 Å². The Morgan fingerprint density at radius 2 is 1.26 bits per heavy atom. The third-order valence-electron chi connectivity index (χ3n) is 3.00. The molecule has 1 unspecified atom stereocenters. The van der Waals surface area contributed by atoms with Gasteiger partial charge in [0.1, 0.15) is 0 Å². The van der Waals surface area contributed by atoms with Crippen LogP contribution < -0.4 is 18.5 Å². The molecule has 12 heteroatoms. The molecule has 164 valence electrons. The monoisotopic (exact) mass is 433 g/mol. The number of phosphoric acid groups is 2. The van der Waals surface area contributed by atoms with Gasteiger partial charge in [-0.15, -0.1) is 0 Å². The van der Waals surface area contributed by atoms with Crippen molar-refractivity contribution >= 4 is 15.6 Å². The summed E-state index contributed by atoms with van der Waals surface area (Å²) in [4.78, 5) is 26.1.